The standard InChI is InChI=1S/C11H16N2/c1-8(2)10-6-5-9(3)11(13-10)7-12-4/h5-8H,1-4H3/b12-7-. The van der Waals surface area contributed by atoms with Gasteiger partial charge in [0.25, 0.3) is 0 Å². The molecule has 2 heteroatoms. The number of nitrogens with zero attached hydrogens (tertiary/aromatic N) is 2. The minimum absolute atomic E-state index is 0.476. The monoisotopic (exact) mass is 176 g/mol. The van der Waals surface area contributed by atoms with E-state index >= 15 is 0 Å². The average molecular weight is 176 g/mol. The Morgan fingerprint density at radius 2 is 2.08 bits per heavy atom. The zero-order chi connectivity index (χ0) is 9.84. The van der Waals surface area contributed by atoms with Crippen molar-refractivity contribution in [3.63, 3.8) is 0 Å². The Morgan fingerprint density at radius 1 is 1.38 bits per heavy atom. The highest BCUT2D eigenvalue weighted by Gasteiger charge is 2.02. The Labute approximate surface area is 79.7 Å². The van der Waals surface area contributed by atoms with Crippen molar-refractivity contribution in [3.8, 4) is 0 Å². The maximum Gasteiger partial charge on any atom is 0.0840 e. The first-order chi connectivity index (χ1) is 6.15. The van der Waals surface area contributed by atoms with Crippen LogP contribution in [0.5, 0.6) is 0 Å². The van der Waals surface area contributed by atoms with Gasteiger partial charge in [0.2, 0.25) is 0 Å². The number of aryl methyl sites for hydroxylation is 1. The van der Waals surface area contributed by atoms with Gasteiger partial charge in [0.05, 0.1) is 5.69 Å². The number of pyridine rings is 1. The molecule has 0 fully saturated rings. The molecule has 70 valence electrons. The van der Waals surface area contributed by atoms with Gasteiger partial charge in [-0.25, -0.2) is 0 Å². The zero-order valence-electron chi connectivity index (χ0n) is 8.70. The van der Waals surface area contributed by atoms with Crippen LogP contribution in [-0.2, 0) is 0 Å². The summed E-state index contributed by atoms with van der Waals surface area (Å²) in [5.41, 5.74) is 3.28. The van der Waals surface area contributed by atoms with Gasteiger partial charge in [-0.3, -0.25) is 9.98 Å². The lowest BCUT2D eigenvalue weighted by Gasteiger charge is -2.06. The van der Waals surface area contributed by atoms with E-state index in [9.17, 15) is 0 Å². The van der Waals surface area contributed by atoms with E-state index in [2.05, 4.69) is 36.0 Å². The van der Waals surface area contributed by atoms with Gasteiger partial charge >= 0.3 is 0 Å². The predicted octanol–water partition coefficient (Wildman–Crippen LogP) is 2.56. The lowest BCUT2D eigenvalue weighted by atomic mass is 10.1. The molecule has 0 amide bonds. The third kappa shape index (κ3) is 2.38. The number of hydrogen-bond acceptors (Lipinski definition) is 2. The molecule has 0 bridgehead atoms. The number of aromatic nitrogens is 1. The predicted molar refractivity (Wildman–Crippen MR) is 56.6 cm³/mol. The third-order valence-corrected chi connectivity index (χ3v) is 2.00. The normalized spacial score (nSPS) is 11.5. The molecule has 1 heterocycles. The second-order valence-electron chi connectivity index (χ2n) is 3.48. The summed E-state index contributed by atoms with van der Waals surface area (Å²) >= 11 is 0. The Bertz CT molecular complexity index is 314. The fourth-order valence-corrected chi connectivity index (χ4v) is 1.13. The summed E-state index contributed by atoms with van der Waals surface area (Å²) < 4.78 is 0. The van der Waals surface area contributed by atoms with Crippen LogP contribution in [0.1, 0.15) is 36.7 Å². The Kier molecular flexibility index (Phi) is 3.18. The largest absolute Gasteiger partial charge is 0.294 e. The highest BCUT2D eigenvalue weighted by atomic mass is 14.8. The quantitative estimate of drug-likeness (QED) is 0.636. The van der Waals surface area contributed by atoms with E-state index < -0.39 is 0 Å². The summed E-state index contributed by atoms with van der Waals surface area (Å²) in [5, 5.41) is 0. The summed E-state index contributed by atoms with van der Waals surface area (Å²) in [4.78, 5) is 8.49. The van der Waals surface area contributed by atoms with Crippen LogP contribution in [0.15, 0.2) is 17.1 Å². The first-order valence-electron chi connectivity index (χ1n) is 4.55. The van der Waals surface area contributed by atoms with Crippen LogP contribution in [0, 0.1) is 6.92 Å². The fraction of sp³-hybridized carbons (Fsp3) is 0.455. The molecule has 0 aliphatic rings. The van der Waals surface area contributed by atoms with Gasteiger partial charge in [0.15, 0.2) is 0 Å². The summed E-state index contributed by atoms with van der Waals surface area (Å²) in [5.74, 6) is 0.476. The summed E-state index contributed by atoms with van der Waals surface area (Å²) in [7, 11) is 1.77. The molecule has 1 rings (SSSR count). The Morgan fingerprint density at radius 3 is 2.62 bits per heavy atom. The average Bonchev–Trinajstić information content (AvgIpc) is 2.08. The lowest BCUT2D eigenvalue weighted by Crippen LogP contribution is -1.99. The van der Waals surface area contributed by atoms with Crippen molar-refractivity contribution in [3.05, 3.63) is 29.1 Å². The summed E-state index contributed by atoms with van der Waals surface area (Å²) in [6.07, 6.45) is 1.81. The highest BCUT2D eigenvalue weighted by Crippen LogP contribution is 2.13. The van der Waals surface area contributed by atoms with Crippen LogP contribution in [0.2, 0.25) is 0 Å². The molecule has 0 unspecified atom stereocenters. The maximum absolute atomic E-state index is 4.51. The Hall–Kier alpha value is -1.18. The van der Waals surface area contributed by atoms with E-state index in [0.717, 1.165) is 11.4 Å². The van der Waals surface area contributed by atoms with Crippen molar-refractivity contribution in [2.24, 2.45) is 4.99 Å². The summed E-state index contributed by atoms with van der Waals surface area (Å²) in [6.45, 7) is 6.34. The van der Waals surface area contributed by atoms with Crippen LogP contribution >= 0.6 is 0 Å². The van der Waals surface area contributed by atoms with Crippen LogP contribution in [0.3, 0.4) is 0 Å². The molecule has 0 aliphatic heterocycles. The van der Waals surface area contributed by atoms with E-state index in [1.54, 1.807) is 13.3 Å². The zero-order valence-corrected chi connectivity index (χ0v) is 8.70. The Balaban J connectivity index is 3.11. The number of hydrogen-bond donors (Lipinski definition) is 0. The molecule has 0 aliphatic carbocycles. The molecule has 1 aromatic rings. The van der Waals surface area contributed by atoms with Crippen LogP contribution in [-0.4, -0.2) is 18.2 Å². The molecular weight excluding hydrogens is 160 g/mol. The maximum atomic E-state index is 4.51. The van der Waals surface area contributed by atoms with Crippen molar-refractivity contribution in [1.29, 1.82) is 0 Å². The van der Waals surface area contributed by atoms with Crippen LogP contribution in [0.4, 0.5) is 0 Å². The van der Waals surface area contributed by atoms with Gasteiger partial charge in [-0.05, 0) is 24.5 Å². The lowest BCUT2D eigenvalue weighted by molar-refractivity contribution is 0.819. The molecule has 0 aromatic carbocycles. The number of rotatable bonds is 2. The van der Waals surface area contributed by atoms with Crippen LogP contribution < -0.4 is 0 Å². The summed E-state index contributed by atoms with van der Waals surface area (Å²) in [6, 6.07) is 4.17. The molecule has 0 saturated heterocycles. The van der Waals surface area contributed by atoms with Gasteiger partial charge in [-0.15, -0.1) is 0 Å². The van der Waals surface area contributed by atoms with Crippen molar-refractivity contribution in [2.75, 3.05) is 7.05 Å². The molecule has 0 N–H and O–H groups in total. The third-order valence-electron chi connectivity index (χ3n) is 2.00. The van der Waals surface area contributed by atoms with E-state index in [4.69, 9.17) is 0 Å². The second-order valence-corrected chi connectivity index (χ2v) is 3.48. The fourth-order valence-electron chi connectivity index (χ4n) is 1.13. The molecule has 0 spiro atoms. The molecule has 1 aromatic heterocycles. The van der Waals surface area contributed by atoms with Gasteiger partial charge in [0.1, 0.15) is 0 Å². The molecular formula is C11H16N2. The first kappa shape index (κ1) is 9.90. The molecule has 2 nitrogen and oxygen atoms in total. The molecule has 13 heavy (non-hydrogen) atoms. The van der Waals surface area contributed by atoms with Crippen molar-refractivity contribution >= 4 is 6.21 Å². The first-order valence-corrected chi connectivity index (χ1v) is 4.55. The van der Waals surface area contributed by atoms with Gasteiger partial charge in [-0.1, -0.05) is 19.9 Å². The van der Waals surface area contributed by atoms with E-state index in [1.165, 1.54) is 5.56 Å². The minimum atomic E-state index is 0.476. The molecule has 0 radical (unpaired) electrons. The van der Waals surface area contributed by atoms with Crippen LogP contribution in [0.25, 0.3) is 0 Å². The molecule has 0 atom stereocenters. The molecule has 0 saturated carbocycles. The second kappa shape index (κ2) is 4.17. The van der Waals surface area contributed by atoms with Gasteiger partial charge in [-0.2, -0.15) is 0 Å². The number of aliphatic imine (C=N–C) groups is 1. The minimum Gasteiger partial charge on any atom is -0.294 e. The van der Waals surface area contributed by atoms with Crippen molar-refractivity contribution in [1.82, 2.24) is 4.98 Å². The van der Waals surface area contributed by atoms with E-state index in [1.807, 2.05) is 6.92 Å². The SMILES string of the molecule is C/N=C\c1nc(C(C)C)ccc1C. The van der Waals surface area contributed by atoms with E-state index in [0.29, 0.717) is 5.92 Å². The van der Waals surface area contributed by atoms with Crippen molar-refractivity contribution in [2.45, 2.75) is 26.7 Å². The van der Waals surface area contributed by atoms with Gasteiger partial charge < -0.3 is 0 Å². The highest BCUT2D eigenvalue weighted by molar-refractivity contribution is 5.78. The van der Waals surface area contributed by atoms with Gasteiger partial charge in [0, 0.05) is 19.0 Å². The topological polar surface area (TPSA) is 25.2 Å². The smallest absolute Gasteiger partial charge is 0.0840 e. The van der Waals surface area contributed by atoms with E-state index in [-0.39, 0.29) is 0 Å². The van der Waals surface area contributed by atoms with Crippen molar-refractivity contribution < 1.29 is 0 Å².